The Morgan fingerprint density at radius 2 is 2.16 bits per heavy atom. The molecule has 0 saturated heterocycles. The number of nitrogens with one attached hydrogen (secondary N) is 1. The molecular formula is C11H10N4O4. The molecule has 0 aliphatic heterocycles. The molecule has 0 aliphatic carbocycles. The Labute approximate surface area is 107 Å². The number of amides is 1. The zero-order valence-corrected chi connectivity index (χ0v) is 9.90. The van der Waals surface area contributed by atoms with Gasteiger partial charge in [-0.3, -0.25) is 14.7 Å². The van der Waals surface area contributed by atoms with Gasteiger partial charge in [-0.15, -0.1) is 10.2 Å². The molecule has 2 N–H and O–H groups in total. The summed E-state index contributed by atoms with van der Waals surface area (Å²) in [7, 11) is 1.45. The van der Waals surface area contributed by atoms with Crippen LogP contribution < -0.4 is 15.6 Å². The van der Waals surface area contributed by atoms with Gasteiger partial charge in [0, 0.05) is 12.3 Å². The molecule has 0 saturated carbocycles. The van der Waals surface area contributed by atoms with Crippen molar-refractivity contribution in [3.05, 3.63) is 40.8 Å². The number of methoxy groups -OCH3 is 1. The first kappa shape index (κ1) is 12.6. The molecule has 0 fully saturated rings. The van der Waals surface area contributed by atoms with Crippen molar-refractivity contribution in [2.45, 2.75) is 0 Å². The first-order valence-electron chi connectivity index (χ1n) is 5.21. The van der Waals surface area contributed by atoms with Crippen molar-refractivity contribution >= 4 is 11.8 Å². The molecule has 0 spiro atoms. The summed E-state index contributed by atoms with van der Waals surface area (Å²) in [5.41, 5.74) is -0.600. The summed E-state index contributed by atoms with van der Waals surface area (Å²) in [6.07, 6.45) is 0.155. The van der Waals surface area contributed by atoms with Gasteiger partial charge in [0.2, 0.25) is 5.88 Å². The highest BCUT2D eigenvalue weighted by atomic mass is 16.5. The standard InChI is InChI=1S/C11H10N4O4/c1-19-9-5-4-8(13-14-9)15-6-2-3-7(10(15)16)12-11(17)18/h2-6,12H,1H3,(H,17,18). The molecule has 8 heteroatoms. The predicted octanol–water partition coefficient (Wildman–Crippen LogP) is 0.726. The number of hydrogen-bond acceptors (Lipinski definition) is 5. The fourth-order valence-electron chi connectivity index (χ4n) is 1.44. The summed E-state index contributed by atoms with van der Waals surface area (Å²) in [4.78, 5) is 22.5. The number of rotatable bonds is 3. The zero-order valence-electron chi connectivity index (χ0n) is 9.90. The molecule has 19 heavy (non-hydrogen) atoms. The van der Waals surface area contributed by atoms with E-state index in [4.69, 9.17) is 9.84 Å². The van der Waals surface area contributed by atoms with Crippen LogP contribution in [0.3, 0.4) is 0 Å². The molecule has 0 atom stereocenters. The number of pyridine rings is 1. The monoisotopic (exact) mass is 262 g/mol. The van der Waals surface area contributed by atoms with Crippen molar-refractivity contribution in [2.24, 2.45) is 0 Å². The van der Waals surface area contributed by atoms with E-state index >= 15 is 0 Å². The lowest BCUT2D eigenvalue weighted by Crippen LogP contribution is -2.24. The SMILES string of the molecule is COc1ccc(-n2cccc(NC(=O)O)c2=O)nn1. The summed E-state index contributed by atoms with van der Waals surface area (Å²) < 4.78 is 6.04. The first-order valence-corrected chi connectivity index (χ1v) is 5.21. The number of hydrogen-bond donors (Lipinski definition) is 2. The second-order valence-corrected chi connectivity index (χ2v) is 3.46. The maximum Gasteiger partial charge on any atom is 0.409 e. The molecule has 98 valence electrons. The van der Waals surface area contributed by atoms with Gasteiger partial charge in [0.05, 0.1) is 7.11 Å². The Balaban J connectivity index is 2.44. The number of carboxylic acid groups (broad SMARTS) is 1. The Morgan fingerprint density at radius 3 is 2.74 bits per heavy atom. The average Bonchev–Trinajstić information content (AvgIpc) is 2.41. The molecule has 2 rings (SSSR count). The van der Waals surface area contributed by atoms with Crippen LogP contribution in [0.4, 0.5) is 10.5 Å². The molecule has 0 radical (unpaired) electrons. The van der Waals surface area contributed by atoms with E-state index in [1.54, 1.807) is 6.07 Å². The van der Waals surface area contributed by atoms with E-state index in [1.165, 1.54) is 36.1 Å². The van der Waals surface area contributed by atoms with Crippen molar-refractivity contribution in [2.75, 3.05) is 12.4 Å². The number of ether oxygens (including phenoxy) is 1. The molecule has 2 heterocycles. The van der Waals surface area contributed by atoms with E-state index in [1.807, 2.05) is 5.32 Å². The van der Waals surface area contributed by atoms with Gasteiger partial charge in [-0.1, -0.05) is 0 Å². The summed E-state index contributed by atoms with van der Waals surface area (Å²) >= 11 is 0. The van der Waals surface area contributed by atoms with Crippen LogP contribution in [0, 0.1) is 0 Å². The van der Waals surface area contributed by atoms with Crippen LogP contribution >= 0.6 is 0 Å². The van der Waals surface area contributed by atoms with E-state index < -0.39 is 11.7 Å². The normalized spacial score (nSPS) is 9.95. The third-order valence-corrected chi connectivity index (χ3v) is 2.27. The lowest BCUT2D eigenvalue weighted by molar-refractivity contribution is 0.209. The summed E-state index contributed by atoms with van der Waals surface area (Å²) in [5.74, 6) is 0.580. The van der Waals surface area contributed by atoms with E-state index in [2.05, 4.69) is 10.2 Å². The van der Waals surface area contributed by atoms with Crippen LogP contribution in [-0.2, 0) is 0 Å². The smallest absolute Gasteiger partial charge is 0.409 e. The van der Waals surface area contributed by atoms with E-state index in [0.717, 1.165) is 0 Å². The highest BCUT2D eigenvalue weighted by Gasteiger charge is 2.08. The number of nitrogens with zero attached hydrogens (tertiary/aromatic N) is 3. The van der Waals surface area contributed by atoms with Crippen LogP contribution in [0.25, 0.3) is 5.82 Å². The highest BCUT2D eigenvalue weighted by Crippen LogP contribution is 2.07. The fourth-order valence-corrected chi connectivity index (χ4v) is 1.44. The van der Waals surface area contributed by atoms with Gasteiger partial charge in [-0.2, -0.15) is 0 Å². The number of aromatic nitrogens is 3. The number of anilines is 1. The van der Waals surface area contributed by atoms with Crippen LogP contribution in [0.5, 0.6) is 5.88 Å². The minimum Gasteiger partial charge on any atom is -0.480 e. The third-order valence-electron chi connectivity index (χ3n) is 2.27. The van der Waals surface area contributed by atoms with Crippen LogP contribution in [0.1, 0.15) is 0 Å². The number of carbonyl (C=O) groups is 1. The first-order chi connectivity index (χ1) is 9.11. The average molecular weight is 262 g/mol. The van der Waals surface area contributed by atoms with Gasteiger partial charge in [0.1, 0.15) is 5.69 Å². The molecule has 0 aliphatic rings. The maximum absolute atomic E-state index is 12.0. The van der Waals surface area contributed by atoms with Crippen molar-refractivity contribution in [1.82, 2.24) is 14.8 Å². The summed E-state index contributed by atoms with van der Waals surface area (Å²) in [5, 5.41) is 18.2. The Morgan fingerprint density at radius 1 is 1.37 bits per heavy atom. The van der Waals surface area contributed by atoms with E-state index in [9.17, 15) is 9.59 Å². The molecule has 1 amide bonds. The third kappa shape index (κ3) is 2.68. The lowest BCUT2D eigenvalue weighted by atomic mass is 10.4. The van der Waals surface area contributed by atoms with Gasteiger partial charge in [0.25, 0.3) is 5.56 Å². The van der Waals surface area contributed by atoms with E-state index in [0.29, 0.717) is 5.88 Å². The largest absolute Gasteiger partial charge is 0.480 e. The molecule has 0 bridgehead atoms. The Hall–Kier alpha value is -2.90. The predicted molar refractivity (Wildman–Crippen MR) is 65.8 cm³/mol. The Bertz CT molecular complexity index is 650. The second-order valence-electron chi connectivity index (χ2n) is 3.46. The summed E-state index contributed by atoms with van der Waals surface area (Å²) in [6.45, 7) is 0. The quantitative estimate of drug-likeness (QED) is 0.844. The minimum absolute atomic E-state index is 0.0624. The molecule has 8 nitrogen and oxygen atoms in total. The Kier molecular flexibility index (Phi) is 3.42. The molecule has 0 aromatic carbocycles. The second kappa shape index (κ2) is 5.17. The van der Waals surface area contributed by atoms with Crippen molar-refractivity contribution in [3.63, 3.8) is 0 Å². The summed E-state index contributed by atoms with van der Waals surface area (Å²) in [6, 6.07) is 5.98. The molecular weight excluding hydrogens is 252 g/mol. The zero-order chi connectivity index (χ0) is 13.8. The maximum atomic E-state index is 12.0. The lowest BCUT2D eigenvalue weighted by Gasteiger charge is -2.06. The van der Waals surface area contributed by atoms with Gasteiger partial charge in [0.15, 0.2) is 5.82 Å². The molecule has 2 aromatic rings. The van der Waals surface area contributed by atoms with Gasteiger partial charge in [-0.25, -0.2) is 4.79 Å². The molecule has 0 unspecified atom stereocenters. The topological polar surface area (TPSA) is 106 Å². The van der Waals surface area contributed by atoms with Crippen LogP contribution in [-0.4, -0.2) is 33.1 Å². The van der Waals surface area contributed by atoms with Crippen LogP contribution in [0.2, 0.25) is 0 Å². The van der Waals surface area contributed by atoms with Gasteiger partial charge >= 0.3 is 6.09 Å². The minimum atomic E-state index is -1.31. The molecule has 2 aromatic heterocycles. The van der Waals surface area contributed by atoms with Crippen molar-refractivity contribution in [3.8, 4) is 11.7 Å². The fraction of sp³-hybridized carbons (Fsp3) is 0.0909. The van der Waals surface area contributed by atoms with Gasteiger partial charge < -0.3 is 9.84 Å². The highest BCUT2D eigenvalue weighted by molar-refractivity contribution is 5.82. The van der Waals surface area contributed by atoms with Crippen LogP contribution in [0.15, 0.2) is 35.3 Å². The van der Waals surface area contributed by atoms with E-state index in [-0.39, 0.29) is 11.5 Å². The van der Waals surface area contributed by atoms with Gasteiger partial charge in [-0.05, 0) is 18.2 Å². The van der Waals surface area contributed by atoms with Crippen molar-refractivity contribution in [1.29, 1.82) is 0 Å². The van der Waals surface area contributed by atoms with Crippen molar-refractivity contribution < 1.29 is 14.6 Å².